The first-order valence-electron chi connectivity index (χ1n) is 25.3. The zero-order chi connectivity index (χ0) is 50.3. The van der Waals surface area contributed by atoms with E-state index in [2.05, 4.69) is 0 Å². The van der Waals surface area contributed by atoms with Crippen LogP contribution in [0.25, 0.3) is 88.3 Å². The second-order valence-corrected chi connectivity index (χ2v) is 10.4. The highest BCUT2D eigenvalue weighted by molar-refractivity contribution is 6.25. The Bertz CT molecular complexity index is 3670. The molecule has 0 atom stereocenters. The van der Waals surface area contributed by atoms with Gasteiger partial charge in [-0.25, -0.2) is 0 Å². The van der Waals surface area contributed by atoms with Gasteiger partial charge in [-0.1, -0.05) is 163 Å². The Morgan fingerprint density at radius 1 is 0.362 bits per heavy atom. The highest BCUT2D eigenvalue weighted by Gasteiger charge is 2.24. The van der Waals surface area contributed by atoms with E-state index in [-0.39, 0.29) is 38.8 Å². The van der Waals surface area contributed by atoms with Crippen LogP contribution in [0.1, 0.15) is 30.2 Å². The topological polar surface area (TPSA) is 13.1 Å². The van der Waals surface area contributed by atoms with Crippen molar-refractivity contribution >= 4 is 32.5 Å². The van der Waals surface area contributed by atoms with Gasteiger partial charge in [-0.15, -0.1) is 0 Å². The van der Waals surface area contributed by atoms with Gasteiger partial charge in [-0.2, -0.15) is 0 Å². The summed E-state index contributed by atoms with van der Waals surface area (Å²) in [6, 6.07) is -5.00. The molecule has 1 aromatic heterocycles. The molecule has 1 heteroatoms. The number of rotatable bonds is 5. The fraction of sp³-hybridized carbons (Fsp3) is 0. The standard InChI is InChI=1S/C46H30O/c1-4-15-31(16-5-1)34-21-14-22-36(29-34)46-45(41-30-35(27-28-42(41)47-46)32-17-6-2-7-18-32)44-39-25-12-10-23-37(39)43(33-19-8-3-9-20-33)38-24-11-13-26-40(38)44/h1-30H/i2D,3D,6D,7D,8D,9D,10D,11D,12D,13D,14D,17D,18D,19D,20D,21D,22D,23D,24D,25D,26D,29D. The normalized spacial score (nSPS) is 18.0. The number of fused-ring (bicyclic) bond motifs is 3. The summed E-state index contributed by atoms with van der Waals surface area (Å²) in [5.74, 6) is -0.484. The molecule has 0 saturated heterocycles. The molecular weight excluding hydrogens is 569 g/mol. The second-order valence-electron chi connectivity index (χ2n) is 10.4. The molecule has 0 radical (unpaired) electrons. The van der Waals surface area contributed by atoms with E-state index in [1.807, 2.05) is 0 Å². The molecule has 47 heavy (non-hydrogen) atoms. The molecule has 8 aromatic carbocycles. The summed E-state index contributed by atoms with van der Waals surface area (Å²) in [6.07, 6.45) is 0. The molecule has 0 aliphatic carbocycles. The maximum absolute atomic E-state index is 9.66. The van der Waals surface area contributed by atoms with Crippen molar-refractivity contribution in [3.8, 4) is 55.8 Å². The van der Waals surface area contributed by atoms with Gasteiger partial charge in [0.25, 0.3) is 0 Å². The third-order valence-electron chi connectivity index (χ3n) is 7.77. The van der Waals surface area contributed by atoms with Gasteiger partial charge in [0.05, 0.1) is 30.2 Å². The molecule has 0 spiro atoms. The van der Waals surface area contributed by atoms with Crippen LogP contribution in [0.15, 0.2) is 186 Å². The van der Waals surface area contributed by atoms with Gasteiger partial charge in [0.1, 0.15) is 11.3 Å². The first-order chi connectivity index (χ1) is 32.5. The van der Waals surface area contributed by atoms with Crippen LogP contribution in [0, 0.1) is 0 Å². The third-order valence-corrected chi connectivity index (χ3v) is 7.77. The molecule has 0 bridgehead atoms. The van der Waals surface area contributed by atoms with Crippen molar-refractivity contribution in [2.24, 2.45) is 0 Å². The van der Waals surface area contributed by atoms with Gasteiger partial charge in [0, 0.05) is 22.1 Å². The SMILES string of the molecule is [2H]c1c([2H])c([2H])c(-c2ccc3oc(-c4c([2H])c([2H])c([2H])c(-c5ccccc5)c4[2H])c(-c4c5c([2H])c([2H])c([2H])c([2H])c5c(-c5c([2H])c([2H])c([2H])c([2H])c5[2H])c5c([2H])c([2H])c([2H])c([2H])c45)c3c2)c([2H])c1[2H]. The Morgan fingerprint density at radius 3 is 1.57 bits per heavy atom. The van der Waals surface area contributed by atoms with Crippen molar-refractivity contribution in [3.63, 3.8) is 0 Å². The number of furan rings is 1. The molecule has 0 N–H and O–H groups in total. The predicted octanol–water partition coefficient (Wildman–Crippen LogP) is 13.1. The van der Waals surface area contributed by atoms with Gasteiger partial charge < -0.3 is 4.42 Å². The summed E-state index contributed by atoms with van der Waals surface area (Å²) in [5.41, 5.74) is -2.80. The molecule has 9 aromatic rings. The highest BCUT2D eigenvalue weighted by Crippen LogP contribution is 2.50. The Balaban J connectivity index is 1.64. The van der Waals surface area contributed by atoms with Crippen molar-refractivity contribution in [2.45, 2.75) is 0 Å². The molecule has 0 amide bonds. The Labute approximate surface area is 304 Å². The summed E-state index contributed by atoms with van der Waals surface area (Å²) >= 11 is 0. The van der Waals surface area contributed by atoms with Crippen LogP contribution in [0.5, 0.6) is 0 Å². The van der Waals surface area contributed by atoms with Crippen LogP contribution in [0.3, 0.4) is 0 Å². The maximum Gasteiger partial charge on any atom is 0.143 e. The van der Waals surface area contributed by atoms with Crippen molar-refractivity contribution < 1.29 is 34.6 Å². The molecule has 0 aliphatic heterocycles. The quantitative estimate of drug-likeness (QED) is 0.174. The number of hydrogen-bond acceptors (Lipinski definition) is 1. The van der Waals surface area contributed by atoms with E-state index in [1.54, 1.807) is 30.3 Å². The summed E-state index contributed by atoms with van der Waals surface area (Å²) in [6.45, 7) is 0. The number of benzene rings is 8. The first-order valence-corrected chi connectivity index (χ1v) is 14.3. The first kappa shape index (κ1) is 12.9. The van der Waals surface area contributed by atoms with Gasteiger partial charge >= 0.3 is 0 Å². The maximum atomic E-state index is 9.66. The molecule has 0 saturated carbocycles. The molecule has 9 rings (SSSR count). The average molecular weight is 621 g/mol. The molecule has 220 valence electrons. The Kier molecular flexibility index (Phi) is 3.11. The summed E-state index contributed by atoms with van der Waals surface area (Å²) < 4.78 is 203. The lowest BCUT2D eigenvalue weighted by Gasteiger charge is -2.18. The zero-order valence-electron chi connectivity index (χ0n) is 46.0. The molecule has 1 nitrogen and oxygen atoms in total. The monoisotopic (exact) mass is 620 g/mol. The minimum Gasteiger partial charge on any atom is -0.455 e. The minimum absolute atomic E-state index is 0.0360. The van der Waals surface area contributed by atoms with E-state index in [1.165, 1.54) is 18.2 Å². The van der Waals surface area contributed by atoms with E-state index in [4.69, 9.17) is 26.3 Å². The van der Waals surface area contributed by atoms with E-state index in [0.717, 1.165) is 0 Å². The number of hydrogen-bond donors (Lipinski definition) is 0. The van der Waals surface area contributed by atoms with E-state index in [0.29, 0.717) is 0 Å². The molecular formula is C46H30O. The van der Waals surface area contributed by atoms with Crippen molar-refractivity contribution in [1.82, 2.24) is 0 Å². The lowest BCUT2D eigenvalue weighted by molar-refractivity contribution is 0.632. The van der Waals surface area contributed by atoms with Crippen molar-refractivity contribution in [1.29, 1.82) is 0 Å². The van der Waals surface area contributed by atoms with Crippen LogP contribution in [-0.4, -0.2) is 0 Å². The summed E-state index contributed by atoms with van der Waals surface area (Å²) in [4.78, 5) is 0. The van der Waals surface area contributed by atoms with Gasteiger partial charge in [-0.3, -0.25) is 0 Å². The average Bonchev–Trinajstić information content (AvgIpc) is 3.70. The van der Waals surface area contributed by atoms with E-state index >= 15 is 0 Å². The van der Waals surface area contributed by atoms with Gasteiger partial charge in [0.15, 0.2) is 0 Å². The van der Waals surface area contributed by atoms with E-state index < -0.39 is 182 Å². The molecule has 0 aliphatic rings. The Hall–Kier alpha value is -6.18. The van der Waals surface area contributed by atoms with Crippen LogP contribution in [-0.2, 0) is 0 Å². The van der Waals surface area contributed by atoms with E-state index in [9.17, 15) is 8.22 Å². The highest BCUT2D eigenvalue weighted by atomic mass is 16.3. The fourth-order valence-electron chi connectivity index (χ4n) is 5.78. The zero-order valence-corrected chi connectivity index (χ0v) is 24.0. The predicted molar refractivity (Wildman–Crippen MR) is 198 cm³/mol. The smallest absolute Gasteiger partial charge is 0.143 e. The van der Waals surface area contributed by atoms with Crippen LogP contribution >= 0.6 is 0 Å². The fourth-order valence-corrected chi connectivity index (χ4v) is 5.78. The van der Waals surface area contributed by atoms with Crippen LogP contribution in [0.4, 0.5) is 0 Å². The minimum atomic E-state index is -0.882. The van der Waals surface area contributed by atoms with Crippen molar-refractivity contribution in [3.05, 3.63) is 181 Å². The van der Waals surface area contributed by atoms with Gasteiger partial charge in [0.2, 0.25) is 0 Å². The van der Waals surface area contributed by atoms with Crippen LogP contribution < -0.4 is 0 Å². The summed E-state index contributed by atoms with van der Waals surface area (Å²) in [5, 5.41) is -2.34. The van der Waals surface area contributed by atoms with Crippen LogP contribution in [0.2, 0.25) is 0 Å². The summed E-state index contributed by atoms with van der Waals surface area (Å²) in [7, 11) is 0. The van der Waals surface area contributed by atoms with Gasteiger partial charge in [-0.05, 0) is 73.1 Å². The molecule has 0 fully saturated rings. The third kappa shape index (κ3) is 4.64. The largest absolute Gasteiger partial charge is 0.455 e. The second kappa shape index (κ2) is 11.3. The molecule has 1 heterocycles. The van der Waals surface area contributed by atoms with Crippen molar-refractivity contribution in [2.75, 3.05) is 0 Å². The lowest BCUT2D eigenvalue weighted by atomic mass is 9.84. The molecule has 0 unspecified atom stereocenters. The lowest BCUT2D eigenvalue weighted by Crippen LogP contribution is -1.91. The Morgan fingerprint density at radius 2 is 0.915 bits per heavy atom.